The van der Waals surface area contributed by atoms with E-state index in [0.29, 0.717) is 22.0 Å². The van der Waals surface area contributed by atoms with Gasteiger partial charge in [-0.3, -0.25) is 14.4 Å². The summed E-state index contributed by atoms with van der Waals surface area (Å²) in [6, 6.07) is 20.0. The normalized spacial score (nSPS) is 14.6. The molecule has 1 aliphatic rings. The second kappa shape index (κ2) is 10.4. The maximum Gasteiger partial charge on any atom is 0.261 e. The highest BCUT2D eigenvalue weighted by atomic mass is 35.5. The Morgan fingerprint density at radius 1 is 0.939 bits per heavy atom. The zero-order valence-corrected chi connectivity index (χ0v) is 19.4. The number of halogens is 1. The lowest BCUT2D eigenvalue weighted by Crippen LogP contribution is -2.35. The van der Waals surface area contributed by atoms with Gasteiger partial charge in [0.1, 0.15) is 0 Å². The summed E-state index contributed by atoms with van der Waals surface area (Å²) >= 11 is 5.92. The fourth-order valence-corrected chi connectivity index (χ4v) is 4.75. The second-order valence-electron chi connectivity index (χ2n) is 7.68. The van der Waals surface area contributed by atoms with E-state index >= 15 is 0 Å². The summed E-state index contributed by atoms with van der Waals surface area (Å²) in [5.74, 6) is -0.258. The summed E-state index contributed by atoms with van der Waals surface area (Å²) in [4.78, 5) is 15.1. The van der Waals surface area contributed by atoms with Crippen molar-refractivity contribution >= 4 is 38.9 Å². The molecule has 0 bridgehead atoms. The van der Waals surface area contributed by atoms with Gasteiger partial charge in [0.25, 0.3) is 15.9 Å². The molecule has 9 heteroatoms. The fraction of sp³-hybridized carbons (Fsp3) is 0.208. The molecule has 0 aliphatic carbocycles. The van der Waals surface area contributed by atoms with Gasteiger partial charge in [-0.25, -0.2) is 8.42 Å². The van der Waals surface area contributed by atoms with Crippen LogP contribution in [0.5, 0.6) is 0 Å². The molecule has 0 aromatic heterocycles. The summed E-state index contributed by atoms with van der Waals surface area (Å²) in [7, 11) is -3.78. The molecule has 0 atom stereocenters. The van der Waals surface area contributed by atoms with Crippen LogP contribution >= 0.6 is 11.6 Å². The molecule has 0 spiro atoms. The minimum atomic E-state index is -3.78. The summed E-state index contributed by atoms with van der Waals surface area (Å²) < 4.78 is 33.1. The van der Waals surface area contributed by atoms with Crippen molar-refractivity contribution in [2.45, 2.75) is 11.4 Å². The molecule has 0 unspecified atom stereocenters. The van der Waals surface area contributed by atoms with E-state index in [9.17, 15) is 13.2 Å². The van der Waals surface area contributed by atoms with Gasteiger partial charge in [0.15, 0.2) is 0 Å². The van der Waals surface area contributed by atoms with Crippen LogP contribution in [-0.2, 0) is 21.3 Å². The molecule has 1 aliphatic heterocycles. The van der Waals surface area contributed by atoms with Crippen LogP contribution < -0.4 is 10.0 Å². The van der Waals surface area contributed by atoms with E-state index in [2.05, 4.69) is 14.9 Å². The Kier molecular flexibility index (Phi) is 7.29. The second-order valence-corrected chi connectivity index (χ2v) is 9.80. The first kappa shape index (κ1) is 23.3. The van der Waals surface area contributed by atoms with E-state index in [-0.39, 0.29) is 10.8 Å². The topological polar surface area (TPSA) is 87.7 Å². The van der Waals surface area contributed by atoms with Crippen LogP contribution in [0.2, 0.25) is 5.02 Å². The van der Waals surface area contributed by atoms with Crippen LogP contribution in [0.4, 0.5) is 11.4 Å². The first-order chi connectivity index (χ1) is 15.9. The van der Waals surface area contributed by atoms with Crippen molar-refractivity contribution in [3.05, 3.63) is 88.9 Å². The minimum Gasteiger partial charge on any atom is -0.379 e. The number of anilines is 2. The van der Waals surface area contributed by atoms with E-state index in [1.54, 1.807) is 36.4 Å². The van der Waals surface area contributed by atoms with E-state index in [0.717, 1.165) is 38.4 Å². The van der Waals surface area contributed by atoms with Gasteiger partial charge in [0, 0.05) is 35.9 Å². The summed E-state index contributed by atoms with van der Waals surface area (Å²) in [6.07, 6.45) is 0. The number of hydrogen-bond acceptors (Lipinski definition) is 5. The van der Waals surface area contributed by atoms with Crippen molar-refractivity contribution in [2.24, 2.45) is 0 Å². The number of sulfonamides is 1. The average Bonchev–Trinajstić information content (AvgIpc) is 2.80. The number of nitrogens with one attached hydrogen (secondary N) is 2. The standard InChI is InChI=1S/C24H24ClN3O4S/c25-20-5-2-6-22(16-20)27-33(30,31)23-9-7-21(8-10-23)26-24(29)19-4-1-3-18(15-19)17-28-11-13-32-14-12-28/h1-10,15-16,27H,11-14,17H2,(H,26,29). The number of benzene rings is 3. The van der Waals surface area contributed by atoms with Crippen LogP contribution in [0.15, 0.2) is 77.7 Å². The Morgan fingerprint density at radius 3 is 2.39 bits per heavy atom. The maximum absolute atomic E-state index is 12.7. The molecule has 1 amide bonds. The Labute approximate surface area is 198 Å². The third kappa shape index (κ3) is 6.33. The number of carbonyl (C=O) groups excluding carboxylic acids is 1. The van der Waals surface area contributed by atoms with E-state index in [1.807, 2.05) is 18.2 Å². The molecule has 1 saturated heterocycles. The molecule has 4 rings (SSSR count). The van der Waals surface area contributed by atoms with Gasteiger partial charge in [-0.2, -0.15) is 0 Å². The molecule has 33 heavy (non-hydrogen) atoms. The van der Waals surface area contributed by atoms with Crippen molar-refractivity contribution in [3.8, 4) is 0 Å². The van der Waals surface area contributed by atoms with Crippen LogP contribution in [-0.4, -0.2) is 45.5 Å². The Hall–Kier alpha value is -2.91. The van der Waals surface area contributed by atoms with Crippen LogP contribution in [0.3, 0.4) is 0 Å². The minimum absolute atomic E-state index is 0.0768. The number of nitrogens with zero attached hydrogens (tertiary/aromatic N) is 1. The zero-order valence-electron chi connectivity index (χ0n) is 17.8. The van der Waals surface area contributed by atoms with Crippen molar-refractivity contribution in [3.63, 3.8) is 0 Å². The first-order valence-corrected chi connectivity index (χ1v) is 12.3. The van der Waals surface area contributed by atoms with E-state index < -0.39 is 10.0 Å². The van der Waals surface area contributed by atoms with Crippen molar-refractivity contribution in [1.82, 2.24) is 4.90 Å². The molecule has 7 nitrogen and oxygen atoms in total. The lowest BCUT2D eigenvalue weighted by atomic mass is 10.1. The number of morpholine rings is 1. The Morgan fingerprint density at radius 2 is 1.67 bits per heavy atom. The number of amides is 1. The van der Waals surface area contributed by atoms with Crippen molar-refractivity contribution in [1.29, 1.82) is 0 Å². The molecule has 0 radical (unpaired) electrons. The number of ether oxygens (including phenoxy) is 1. The quantitative estimate of drug-likeness (QED) is 0.523. The molecular weight excluding hydrogens is 462 g/mol. The number of hydrogen-bond donors (Lipinski definition) is 2. The van der Waals surface area contributed by atoms with Crippen LogP contribution in [0.1, 0.15) is 15.9 Å². The smallest absolute Gasteiger partial charge is 0.261 e. The van der Waals surface area contributed by atoms with Crippen molar-refractivity contribution in [2.75, 3.05) is 36.3 Å². The zero-order chi connectivity index (χ0) is 23.3. The van der Waals surface area contributed by atoms with Crippen molar-refractivity contribution < 1.29 is 17.9 Å². The van der Waals surface area contributed by atoms with E-state index in [4.69, 9.17) is 16.3 Å². The van der Waals surface area contributed by atoms with Gasteiger partial charge in [-0.15, -0.1) is 0 Å². The third-order valence-electron chi connectivity index (χ3n) is 5.20. The Bertz CT molecular complexity index is 1230. The largest absolute Gasteiger partial charge is 0.379 e. The first-order valence-electron chi connectivity index (χ1n) is 10.5. The molecule has 3 aromatic rings. The van der Waals surface area contributed by atoms with Gasteiger partial charge in [-0.05, 0) is 60.2 Å². The highest BCUT2D eigenvalue weighted by molar-refractivity contribution is 7.92. The molecular formula is C24H24ClN3O4S. The summed E-state index contributed by atoms with van der Waals surface area (Å²) in [5, 5.41) is 3.25. The fourth-order valence-electron chi connectivity index (χ4n) is 3.52. The molecule has 0 saturated carbocycles. The highest BCUT2D eigenvalue weighted by Gasteiger charge is 2.16. The molecule has 172 valence electrons. The average molecular weight is 486 g/mol. The number of carbonyl (C=O) groups is 1. The van der Waals surface area contributed by atoms with Crippen LogP contribution in [0, 0.1) is 0 Å². The van der Waals surface area contributed by atoms with E-state index in [1.165, 1.54) is 18.2 Å². The predicted octanol–water partition coefficient (Wildman–Crippen LogP) is 4.23. The molecule has 3 aromatic carbocycles. The highest BCUT2D eigenvalue weighted by Crippen LogP contribution is 2.21. The molecule has 2 N–H and O–H groups in total. The Balaban J connectivity index is 1.40. The van der Waals surface area contributed by atoms with Gasteiger partial charge in [0.2, 0.25) is 0 Å². The van der Waals surface area contributed by atoms with Gasteiger partial charge in [-0.1, -0.05) is 29.8 Å². The van der Waals surface area contributed by atoms with Gasteiger partial charge in [0.05, 0.1) is 23.8 Å². The third-order valence-corrected chi connectivity index (χ3v) is 6.83. The number of rotatable bonds is 7. The summed E-state index contributed by atoms with van der Waals surface area (Å²) in [5.41, 5.74) is 2.47. The molecule has 1 heterocycles. The maximum atomic E-state index is 12.7. The van der Waals surface area contributed by atoms with Gasteiger partial charge >= 0.3 is 0 Å². The lowest BCUT2D eigenvalue weighted by Gasteiger charge is -2.26. The van der Waals surface area contributed by atoms with Gasteiger partial charge < -0.3 is 10.1 Å². The summed E-state index contributed by atoms with van der Waals surface area (Å²) in [6.45, 7) is 3.95. The lowest BCUT2D eigenvalue weighted by molar-refractivity contribution is 0.0342. The SMILES string of the molecule is O=C(Nc1ccc(S(=O)(=O)Nc2cccc(Cl)c2)cc1)c1cccc(CN2CCOCC2)c1. The molecule has 1 fully saturated rings. The predicted molar refractivity (Wildman–Crippen MR) is 129 cm³/mol. The van der Waals surface area contributed by atoms with Crippen LogP contribution in [0.25, 0.3) is 0 Å². The monoisotopic (exact) mass is 485 g/mol.